The summed E-state index contributed by atoms with van der Waals surface area (Å²) < 4.78 is 0. The summed E-state index contributed by atoms with van der Waals surface area (Å²) in [6.07, 6.45) is 2.97. The molecule has 1 unspecified atom stereocenters. The van der Waals surface area contributed by atoms with E-state index in [0.717, 1.165) is 6.42 Å². The number of likely N-dealkylation sites (tertiary alicyclic amines) is 1. The zero-order valence-electron chi connectivity index (χ0n) is 11.4. The third kappa shape index (κ3) is 2.91. The molecule has 1 saturated heterocycles. The van der Waals surface area contributed by atoms with Gasteiger partial charge in [-0.2, -0.15) is 10.3 Å². The summed E-state index contributed by atoms with van der Waals surface area (Å²) in [6, 6.07) is -0.413. The first kappa shape index (κ1) is 13.5. The maximum absolute atomic E-state index is 12.3. The molecule has 1 atom stereocenters. The fraction of sp³-hybridized carbons (Fsp3) is 0.667. The topological polar surface area (TPSA) is 91.0 Å². The zero-order chi connectivity index (χ0) is 14.0. The largest absolute Gasteiger partial charge is 0.330 e. The number of hydrogen-bond acceptors (Lipinski definition) is 4. The van der Waals surface area contributed by atoms with Crippen LogP contribution in [0.25, 0.3) is 0 Å². The minimum absolute atomic E-state index is 0.00491. The SMILES string of the molecule is CC(C)(C)C(=O)N1CCCC1C(=O)Nc1cn[nH]n1. The minimum atomic E-state index is -0.475. The Morgan fingerprint density at radius 3 is 2.79 bits per heavy atom. The van der Waals surface area contributed by atoms with E-state index in [2.05, 4.69) is 20.7 Å². The molecule has 1 aliphatic rings. The molecular formula is C12H19N5O2. The highest BCUT2D eigenvalue weighted by atomic mass is 16.2. The summed E-state index contributed by atoms with van der Waals surface area (Å²) in [5.74, 6) is 0.175. The smallest absolute Gasteiger partial charge is 0.248 e. The predicted octanol–water partition coefficient (Wildman–Crippen LogP) is 0.780. The molecule has 2 amide bonds. The number of nitrogens with zero attached hydrogens (tertiary/aromatic N) is 3. The average Bonchev–Trinajstić information content (AvgIpc) is 2.96. The Morgan fingerprint density at radius 2 is 2.21 bits per heavy atom. The fourth-order valence-electron chi connectivity index (χ4n) is 2.18. The summed E-state index contributed by atoms with van der Waals surface area (Å²) in [6.45, 7) is 6.22. The van der Waals surface area contributed by atoms with Crippen molar-refractivity contribution < 1.29 is 9.59 Å². The zero-order valence-corrected chi connectivity index (χ0v) is 11.4. The van der Waals surface area contributed by atoms with Crippen molar-refractivity contribution >= 4 is 17.6 Å². The molecule has 1 aromatic rings. The number of anilines is 1. The monoisotopic (exact) mass is 265 g/mol. The van der Waals surface area contributed by atoms with Crippen molar-refractivity contribution in [1.29, 1.82) is 0 Å². The van der Waals surface area contributed by atoms with Crippen LogP contribution in [-0.2, 0) is 9.59 Å². The number of H-pyrrole nitrogens is 1. The van der Waals surface area contributed by atoms with E-state index >= 15 is 0 Å². The van der Waals surface area contributed by atoms with Crippen LogP contribution in [-0.4, -0.2) is 44.7 Å². The van der Waals surface area contributed by atoms with Crippen LogP contribution in [0.5, 0.6) is 0 Å². The maximum Gasteiger partial charge on any atom is 0.248 e. The van der Waals surface area contributed by atoms with Crippen LogP contribution in [0.1, 0.15) is 33.6 Å². The van der Waals surface area contributed by atoms with E-state index in [1.54, 1.807) is 4.90 Å². The Labute approximate surface area is 111 Å². The van der Waals surface area contributed by atoms with Crippen molar-refractivity contribution in [2.24, 2.45) is 5.41 Å². The van der Waals surface area contributed by atoms with E-state index in [-0.39, 0.29) is 11.8 Å². The molecule has 1 aliphatic heterocycles. The lowest BCUT2D eigenvalue weighted by molar-refractivity contribution is -0.143. The van der Waals surface area contributed by atoms with Crippen molar-refractivity contribution in [2.75, 3.05) is 11.9 Å². The summed E-state index contributed by atoms with van der Waals surface area (Å²) in [4.78, 5) is 26.1. The van der Waals surface area contributed by atoms with Crippen LogP contribution in [0.15, 0.2) is 6.20 Å². The molecule has 0 radical (unpaired) electrons. The molecule has 0 bridgehead atoms. The number of rotatable bonds is 2. The van der Waals surface area contributed by atoms with Crippen LogP contribution in [0.3, 0.4) is 0 Å². The molecule has 0 saturated carbocycles. The van der Waals surface area contributed by atoms with Gasteiger partial charge < -0.3 is 10.2 Å². The third-order valence-electron chi connectivity index (χ3n) is 3.12. The van der Waals surface area contributed by atoms with E-state index in [9.17, 15) is 9.59 Å². The van der Waals surface area contributed by atoms with Gasteiger partial charge in [0.1, 0.15) is 6.04 Å². The predicted molar refractivity (Wildman–Crippen MR) is 69.2 cm³/mol. The first-order valence-corrected chi connectivity index (χ1v) is 6.37. The van der Waals surface area contributed by atoms with Gasteiger partial charge in [-0.1, -0.05) is 20.8 Å². The number of carbonyl (C=O) groups excluding carboxylic acids is 2. The lowest BCUT2D eigenvalue weighted by Gasteiger charge is -2.30. The molecule has 1 fully saturated rings. The molecule has 7 nitrogen and oxygen atoms in total. The molecule has 0 aliphatic carbocycles. The second-order valence-electron chi connectivity index (χ2n) is 5.75. The summed E-state index contributed by atoms with van der Waals surface area (Å²) in [5.41, 5.74) is -0.475. The Kier molecular flexibility index (Phi) is 3.55. The van der Waals surface area contributed by atoms with Gasteiger partial charge in [0.25, 0.3) is 0 Å². The maximum atomic E-state index is 12.3. The van der Waals surface area contributed by atoms with Crippen LogP contribution in [0.2, 0.25) is 0 Å². The number of amides is 2. The van der Waals surface area contributed by atoms with E-state index in [1.165, 1.54) is 6.20 Å². The normalized spacial score (nSPS) is 19.5. The van der Waals surface area contributed by atoms with E-state index < -0.39 is 11.5 Å². The number of aromatic nitrogens is 3. The molecule has 7 heteroatoms. The summed E-state index contributed by atoms with van der Waals surface area (Å²) in [5, 5.41) is 12.5. The van der Waals surface area contributed by atoms with Gasteiger partial charge in [0.05, 0.1) is 6.20 Å². The van der Waals surface area contributed by atoms with Crippen LogP contribution in [0, 0.1) is 5.41 Å². The molecule has 0 spiro atoms. The van der Waals surface area contributed by atoms with Gasteiger partial charge >= 0.3 is 0 Å². The van der Waals surface area contributed by atoms with Gasteiger partial charge in [0.2, 0.25) is 11.8 Å². The number of carbonyl (C=O) groups is 2. The minimum Gasteiger partial charge on any atom is -0.330 e. The second-order valence-corrected chi connectivity index (χ2v) is 5.75. The first-order chi connectivity index (χ1) is 8.89. The Bertz CT molecular complexity index is 463. The highest BCUT2D eigenvalue weighted by Gasteiger charge is 2.38. The van der Waals surface area contributed by atoms with Gasteiger partial charge in [-0.15, -0.1) is 5.10 Å². The summed E-state index contributed by atoms with van der Waals surface area (Å²) in [7, 11) is 0. The Hall–Kier alpha value is -1.92. The van der Waals surface area contributed by atoms with Crippen molar-refractivity contribution in [2.45, 2.75) is 39.7 Å². The lowest BCUT2D eigenvalue weighted by atomic mass is 9.94. The third-order valence-corrected chi connectivity index (χ3v) is 3.12. The fourth-order valence-corrected chi connectivity index (χ4v) is 2.18. The standard InChI is InChI=1S/C12H19N5O2/c1-12(2,3)11(19)17-6-4-5-8(17)10(18)14-9-7-13-16-15-9/h7-8H,4-6H2,1-3H3,(H2,13,14,15,16,18). The van der Waals surface area contributed by atoms with Crippen molar-refractivity contribution in [1.82, 2.24) is 20.3 Å². The van der Waals surface area contributed by atoms with Gasteiger partial charge in [-0.3, -0.25) is 9.59 Å². The van der Waals surface area contributed by atoms with E-state index in [1.807, 2.05) is 20.8 Å². The van der Waals surface area contributed by atoms with E-state index in [0.29, 0.717) is 18.8 Å². The Balaban J connectivity index is 2.06. The lowest BCUT2D eigenvalue weighted by Crippen LogP contribution is -2.47. The molecule has 2 N–H and O–H groups in total. The van der Waals surface area contributed by atoms with E-state index in [4.69, 9.17) is 0 Å². The summed E-state index contributed by atoms with van der Waals surface area (Å²) >= 11 is 0. The second kappa shape index (κ2) is 4.99. The van der Waals surface area contributed by atoms with Crippen molar-refractivity contribution in [3.8, 4) is 0 Å². The highest BCUT2D eigenvalue weighted by molar-refractivity contribution is 5.97. The molecule has 1 aromatic heterocycles. The molecule has 0 aromatic carbocycles. The highest BCUT2D eigenvalue weighted by Crippen LogP contribution is 2.25. The van der Waals surface area contributed by atoms with Gasteiger partial charge in [0, 0.05) is 12.0 Å². The van der Waals surface area contributed by atoms with Crippen molar-refractivity contribution in [3.63, 3.8) is 0 Å². The van der Waals surface area contributed by atoms with Crippen LogP contribution in [0.4, 0.5) is 5.82 Å². The molecule has 19 heavy (non-hydrogen) atoms. The molecule has 2 heterocycles. The number of hydrogen-bond donors (Lipinski definition) is 2. The molecule has 2 rings (SSSR count). The van der Waals surface area contributed by atoms with Gasteiger partial charge in [-0.05, 0) is 12.8 Å². The molecular weight excluding hydrogens is 246 g/mol. The number of aromatic amines is 1. The molecule has 104 valence electrons. The van der Waals surface area contributed by atoms with Gasteiger partial charge in [0.15, 0.2) is 5.82 Å². The van der Waals surface area contributed by atoms with Crippen molar-refractivity contribution in [3.05, 3.63) is 6.20 Å². The quantitative estimate of drug-likeness (QED) is 0.826. The average molecular weight is 265 g/mol. The first-order valence-electron chi connectivity index (χ1n) is 6.37. The van der Waals surface area contributed by atoms with Crippen LogP contribution >= 0.6 is 0 Å². The number of nitrogens with one attached hydrogen (secondary N) is 2. The Morgan fingerprint density at radius 1 is 1.47 bits per heavy atom. The van der Waals surface area contributed by atoms with Crippen LogP contribution < -0.4 is 5.32 Å². The van der Waals surface area contributed by atoms with Gasteiger partial charge in [-0.25, -0.2) is 0 Å².